The van der Waals surface area contributed by atoms with E-state index in [0.717, 1.165) is 16.8 Å². The number of carbonyl (C=O) groups is 1. The molecule has 100 valence electrons. The lowest BCUT2D eigenvalue weighted by molar-refractivity contribution is 0.100. The Morgan fingerprint density at radius 3 is 2.74 bits per heavy atom. The zero-order valence-corrected chi connectivity index (χ0v) is 12.6. The molecular weight excluding hydrogens is 326 g/mol. The molecule has 0 atom stereocenters. The Kier molecular flexibility index (Phi) is 4.44. The second-order valence-corrected chi connectivity index (χ2v) is 6.60. The van der Waals surface area contributed by atoms with Crippen molar-refractivity contribution in [3.8, 4) is 0 Å². The molecule has 2 rings (SSSR count). The minimum atomic E-state index is -0.457. The molecule has 0 radical (unpaired) electrons. The number of nitrogens with two attached hydrogens (primary N) is 2. The SMILES string of the molecule is NC(=O)c1ccc(N)cc1NCCc1ccc(Br)s1. The van der Waals surface area contributed by atoms with E-state index in [1.54, 1.807) is 29.5 Å². The van der Waals surface area contributed by atoms with Crippen LogP contribution >= 0.6 is 27.3 Å². The fourth-order valence-corrected chi connectivity index (χ4v) is 3.21. The van der Waals surface area contributed by atoms with E-state index in [1.807, 2.05) is 6.07 Å². The topological polar surface area (TPSA) is 81.1 Å². The monoisotopic (exact) mass is 339 g/mol. The first-order chi connectivity index (χ1) is 9.06. The van der Waals surface area contributed by atoms with Crippen LogP contribution in [0, 0.1) is 0 Å². The van der Waals surface area contributed by atoms with Gasteiger partial charge in [-0.05, 0) is 52.7 Å². The first kappa shape index (κ1) is 13.9. The van der Waals surface area contributed by atoms with Crippen LogP contribution in [0.1, 0.15) is 15.2 Å². The maximum Gasteiger partial charge on any atom is 0.250 e. The highest BCUT2D eigenvalue weighted by molar-refractivity contribution is 9.11. The van der Waals surface area contributed by atoms with Crippen molar-refractivity contribution in [3.05, 3.63) is 44.6 Å². The average Bonchev–Trinajstić information content (AvgIpc) is 2.75. The number of halogens is 1. The Bertz CT molecular complexity index is 597. The van der Waals surface area contributed by atoms with Crippen LogP contribution in [0.4, 0.5) is 11.4 Å². The van der Waals surface area contributed by atoms with Crippen LogP contribution in [0.25, 0.3) is 0 Å². The molecule has 6 heteroatoms. The molecule has 0 unspecified atom stereocenters. The van der Waals surface area contributed by atoms with Gasteiger partial charge in [-0.2, -0.15) is 0 Å². The lowest BCUT2D eigenvalue weighted by Crippen LogP contribution is -2.15. The summed E-state index contributed by atoms with van der Waals surface area (Å²) in [6, 6.07) is 9.13. The van der Waals surface area contributed by atoms with E-state index in [-0.39, 0.29) is 0 Å². The molecule has 0 fully saturated rings. The molecule has 2 aromatic rings. The van der Waals surface area contributed by atoms with E-state index >= 15 is 0 Å². The summed E-state index contributed by atoms with van der Waals surface area (Å²) in [5.74, 6) is -0.457. The number of rotatable bonds is 5. The molecule has 19 heavy (non-hydrogen) atoms. The lowest BCUT2D eigenvalue weighted by Gasteiger charge is -2.10. The summed E-state index contributed by atoms with van der Waals surface area (Å²) < 4.78 is 1.12. The molecule has 0 saturated carbocycles. The molecule has 1 amide bonds. The number of nitrogens with one attached hydrogen (secondary N) is 1. The van der Waals surface area contributed by atoms with E-state index in [9.17, 15) is 4.79 Å². The molecule has 1 heterocycles. The van der Waals surface area contributed by atoms with E-state index in [1.165, 1.54) is 4.88 Å². The van der Waals surface area contributed by atoms with Gasteiger partial charge in [0.1, 0.15) is 0 Å². The number of benzene rings is 1. The second kappa shape index (κ2) is 6.08. The van der Waals surface area contributed by atoms with Crippen molar-refractivity contribution in [2.45, 2.75) is 6.42 Å². The van der Waals surface area contributed by atoms with Crippen LogP contribution in [0.15, 0.2) is 34.1 Å². The predicted octanol–water partition coefficient (Wildman–Crippen LogP) is 2.85. The van der Waals surface area contributed by atoms with Gasteiger partial charge in [0.15, 0.2) is 0 Å². The van der Waals surface area contributed by atoms with E-state index in [2.05, 4.69) is 27.3 Å². The Hall–Kier alpha value is -1.53. The Morgan fingerprint density at radius 2 is 2.11 bits per heavy atom. The van der Waals surface area contributed by atoms with Gasteiger partial charge in [-0.15, -0.1) is 11.3 Å². The summed E-state index contributed by atoms with van der Waals surface area (Å²) in [4.78, 5) is 12.6. The number of anilines is 2. The van der Waals surface area contributed by atoms with Gasteiger partial charge in [-0.1, -0.05) is 0 Å². The fourth-order valence-electron chi connectivity index (χ4n) is 1.73. The number of hydrogen-bond donors (Lipinski definition) is 3. The molecule has 0 aliphatic heterocycles. The van der Waals surface area contributed by atoms with Crippen LogP contribution < -0.4 is 16.8 Å². The Labute approximate surface area is 123 Å². The summed E-state index contributed by atoms with van der Waals surface area (Å²) in [6.45, 7) is 0.719. The molecule has 0 saturated heterocycles. The second-order valence-electron chi connectivity index (χ2n) is 4.05. The number of hydrogen-bond acceptors (Lipinski definition) is 4. The van der Waals surface area contributed by atoms with Crippen LogP contribution in [0.2, 0.25) is 0 Å². The zero-order valence-electron chi connectivity index (χ0n) is 10.2. The van der Waals surface area contributed by atoms with E-state index < -0.39 is 5.91 Å². The van der Waals surface area contributed by atoms with Crippen molar-refractivity contribution < 1.29 is 4.79 Å². The lowest BCUT2D eigenvalue weighted by atomic mass is 10.1. The van der Waals surface area contributed by atoms with Gasteiger partial charge in [0, 0.05) is 22.8 Å². The van der Waals surface area contributed by atoms with Gasteiger partial charge >= 0.3 is 0 Å². The Balaban J connectivity index is 2.02. The molecular formula is C13H14BrN3OS. The van der Waals surface area contributed by atoms with Crippen molar-refractivity contribution >= 4 is 44.5 Å². The van der Waals surface area contributed by atoms with Gasteiger partial charge in [0.05, 0.1) is 9.35 Å². The zero-order chi connectivity index (χ0) is 13.8. The summed E-state index contributed by atoms with van der Waals surface area (Å²) >= 11 is 5.13. The summed E-state index contributed by atoms with van der Waals surface area (Å²) in [5.41, 5.74) is 12.8. The summed E-state index contributed by atoms with van der Waals surface area (Å²) in [5, 5.41) is 3.20. The average molecular weight is 340 g/mol. The molecule has 0 spiro atoms. The van der Waals surface area contributed by atoms with Crippen molar-refractivity contribution in [1.29, 1.82) is 0 Å². The molecule has 4 nitrogen and oxygen atoms in total. The van der Waals surface area contributed by atoms with E-state index in [0.29, 0.717) is 16.9 Å². The van der Waals surface area contributed by atoms with Crippen LogP contribution in [-0.2, 0) is 6.42 Å². The first-order valence-corrected chi connectivity index (χ1v) is 7.34. The maximum absolute atomic E-state index is 11.3. The number of primary amides is 1. The smallest absolute Gasteiger partial charge is 0.250 e. The standard InChI is InChI=1S/C13H14BrN3OS/c14-12-4-2-9(19-12)5-6-17-11-7-8(15)1-3-10(11)13(16)18/h1-4,7,17H,5-6,15H2,(H2,16,18). The van der Waals surface area contributed by atoms with Crippen molar-refractivity contribution in [3.63, 3.8) is 0 Å². The molecule has 5 N–H and O–H groups in total. The highest BCUT2D eigenvalue weighted by Gasteiger charge is 2.08. The van der Waals surface area contributed by atoms with Crippen LogP contribution in [0.3, 0.4) is 0 Å². The predicted molar refractivity (Wildman–Crippen MR) is 83.6 cm³/mol. The molecule has 0 aliphatic carbocycles. The highest BCUT2D eigenvalue weighted by atomic mass is 79.9. The number of thiophene rings is 1. The fraction of sp³-hybridized carbons (Fsp3) is 0.154. The number of carbonyl (C=O) groups excluding carboxylic acids is 1. The highest BCUT2D eigenvalue weighted by Crippen LogP contribution is 2.23. The van der Waals surface area contributed by atoms with Crippen molar-refractivity contribution in [1.82, 2.24) is 0 Å². The number of nitrogen functional groups attached to an aromatic ring is 1. The first-order valence-electron chi connectivity index (χ1n) is 5.73. The minimum absolute atomic E-state index is 0.457. The van der Waals surface area contributed by atoms with Gasteiger partial charge < -0.3 is 16.8 Å². The largest absolute Gasteiger partial charge is 0.399 e. The van der Waals surface area contributed by atoms with Crippen LogP contribution in [-0.4, -0.2) is 12.5 Å². The molecule has 1 aromatic heterocycles. The quantitative estimate of drug-likeness (QED) is 0.732. The van der Waals surface area contributed by atoms with Gasteiger partial charge in [0.25, 0.3) is 5.91 Å². The normalized spacial score (nSPS) is 10.4. The van der Waals surface area contributed by atoms with Gasteiger partial charge in [0.2, 0.25) is 0 Å². The van der Waals surface area contributed by atoms with Crippen molar-refractivity contribution in [2.75, 3.05) is 17.6 Å². The van der Waals surface area contributed by atoms with Crippen molar-refractivity contribution in [2.24, 2.45) is 5.73 Å². The molecule has 0 bridgehead atoms. The maximum atomic E-state index is 11.3. The third kappa shape index (κ3) is 3.71. The van der Waals surface area contributed by atoms with Gasteiger partial charge in [-0.25, -0.2) is 0 Å². The summed E-state index contributed by atoms with van der Waals surface area (Å²) in [7, 11) is 0. The third-order valence-corrected chi connectivity index (χ3v) is 4.31. The Morgan fingerprint density at radius 1 is 1.32 bits per heavy atom. The molecule has 0 aliphatic rings. The summed E-state index contributed by atoms with van der Waals surface area (Å²) in [6.07, 6.45) is 0.878. The third-order valence-electron chi connectivity index (χ3n) is 2.62. The minimum Gasteiger partial charge on any atom is -0.399 e. The van der Waals surface area contributed by atoms with E-state index in [4.69, 9.17) is 11.5 Å². The van der Waals surface area contributed by atoms with Gasteiger partial charge in [-0.3, -0.25) is 4.79 Å². The van der Waals surface area contributed by atoms with Crippen LogP contribution in [0.5, 0.6) is 0 Å². The number of amides is 1. The molecule has 1 aromatic carbocycles.